The first-order valence-corrected chi connectivity index (χ1v) is 4.87. The molecule has 0 saturated carbocycles. The van der Waals surface area contributed by atoms with E-state index in [9.17, 15) is 9.18 Å². The zero-order valence-electron chi connectivity index (χ0n) is 8.74. The lowest BCUT2D eigenvalue weighted by molar-refractivity contribution is -0.116. The normalized spacial score (nSPS) is 10.0. The van der Waals surface area contributed by atoms with Crippen LogP contribution >= 0.6 is 0 Å². The molecule has 0 aliphatic carbocycles. The lowest BCUT2D eigenvalue weighted by Crippen LogP contribution is -2.21. The molecule has 1 amide bonds. The fourth-order valence-corrected chi connectivity index (χ4v) is 1.06. The maximum Gasteiger partial charge on any atom is 0.244 e. The van der Waals surface area contributed by atoms with Crippen molar-refractivity contribution in [2.24, 2.45) is 0 Å². The molecule has 2 nitrogen and oxygen atoms in total. The predicted molar refractivity (Wildman–Crippen MR) is 61.9 cm³/mol. The Balaban J connectivity index is 2.44. The number of amides is 1. The number of benzene rings is 1. The van der Waals surface area contributed by atoms with Crippen molar-refractivity contribution in [3.8, 4) is 12.3 Å². The Labute approximate surface area is 94.2 Å². The van der Waals surface area contributed by atoms with E-state index in [-0.39, 0.29) is 11.7 Å². The van der Waals surface area contributed by atoms with Crippen LogP contribution in [0, 0.1) is 18.2 Å². The van der Waals surface area contributed by atoms with E-state index in [4.69, 9.17) is 6.42 Å². The molecule has 0 aliphatic rings. The molecule has 3 heteroatoms. The molecule has 0 atom stereocenters. The second-order valence-electron chi connectivity index (χ2n) is 3.13. The van der Waals surface area contributed by atoms with Gasteiger partial charge in [0.2, 0.25) is 5.91 Å². The van der Waals surface area contributed by atoms with Gasteiger partial charge in [-0.1, -0.05) is 12.1 Å². The smallest absolute Gasteiger partial charge is 0.244 e. The van der Waals surface area contributed by atoms with Crippen LogP contribution in [0.5, 0.6) is 0 Å². The number of nitrogens with one attached hydrogen (secondary N) is 1. The highest BCUT2D eigenvalue weighted by Gasteiger charge is 1.93. The lowest BCUT2D eigenvalue weighted by atomic mass is 10.2. The highest BCUT2D eigenvalue weighted by atomic mass is 19.1. The summed E-state index contributed by atoms with van der Waals surface area (Å²) in [4.78, 5) is 11.2. The summed E-state index contributed by atoms with van der Waals surface area (Å²) in [5.74, 6) is 1.92. The van der Waals surface area contributed by atoms with Crippen molar-refractivity contribution < 1.29 is 9.18 Å². The Morgan fingerprint density at radius 3 is 2.75 bits per heavy atom. The Kier molecular flexibility index (Phi) is 4.81. The molecule has 16 heavy (non-hydrogen) atoms. The molecule has 1 aromatic rings. The average molecular weight is 217 g/mol. The topological polar surface area (TPSA) is 29.1 Å². The van der Waals surface area contributed by atoms with E-state index in [2.05, 4.69) is 11.2 Å². The van der Waals surface area contributed by atoms with Gasteiger partial charge in [-0.2, -0.15) is 0 Å². The molecule has 1 N–H and O–H groups in total. The summed E-state index contributed by atoms with van der Waals surface area (Å²) in [5, 5.41) is 2.62. The average Bonchev–Trinajstić information content (AvgIpc) is 2.29. The van der Waals surface area contributed by atoms with Crippen LogP contribution in [0.15, 0.2) is 30.3 Å². The summed E-state index contributed by atoms with van der Waals surface area (Å²) in [6.07, 6.45) is 8.56. The van der Waals surface area contributed by atoms with Crippen molar-refractivity contribution in [3.63, 3.8) is 0 Å². The molecule has 0 radical (unpaired) electrons. The molecule has 0 fully saturated rings. The second kappa shape index (κ2) is 6.41. The first-order chi connectivity index (χ1) is 7.72. The SMILES string of the molecule is C#CCCNC(=O)C=Cc1ccc(F)cc1. The van der Waals surface area contributed by atoms with Crippen molar-refractivity contribution in [1.82, 2.24) is 5.32 Å². The fourth-order valence-electron chi connectivity index (χ4n) is 1.06. The van der Waals surface area contributed by atoms with Gasteiger partial charge in [0.15, 0.2) is 0 Å². The van der Waals surface area contributed by atoms with E-state index in [1.807, 2.05) is 0 Å². The summed E-state index contributed by atoms with van der Waals surface area (Å²) < 4.78 is 12.6. The lowest BCUT2D eigenvalue weighted by Gasteiger charge is -1.97. The van der Waals surface area contributed by atoms with Gasteiger partial charge in [-0.05, 0) is 23.8 Å². The molecule has 0 aromatic heterocycles. The van der Waals surface area contributed by atoms with Crippen molar-refractivity contribution >= 4 is 12.0 Å². The van der Waals surface area contributed by atoms with Gasteiger partial charge < -0.3 is 5.32 Å². The molecule has 0 bridgehead atoms. The summed E-state index contributed by atoms with van der Waals surface area (Å²) in [7, 11) is 0. The zero-order valence-corrected chi connectivity index (χ0v) is 8.74. The Morgan fingerprint density at radius 2 is 2.12 bits per heavy atom. The van der Waals surface area contributed by atoms with Gasteiger partial charge in [0, 0.05) is 19.0 Å². The third kappa shape index (κ3) is 4.43. The molecule has 0 unspecified atom stereocenters. The highest BCUT2D eigenvalue weighted by molar-refractivity contribution is 5.91. The van der Waals surface area contributed by atoms with Gasteiger partial charge in [-0.25, -0.2) is 4.39 Å². The van der Waals surface area contributed by atoms with Crippen LogP contribution in [0.2, 0.25) is 0 Å². The van der Waals surface area contributed by atoms with Gasteiger partial charge in [-0.3, -0.25) is 4.79 Å². The molecule has 0 heterocycles. The molecular weight excluding hydrogens is 205 g/mol. The molecule has 82 valence electrons. The number of carbonyl (C=O) groups is 1. The fraction of sp³-hybridized carbons (Fsp3) is 0.154. The standard InChI is InChI=1S/C13H12FNO/c1-2-3-10-15-13(16)9-6-11-4-7-12(14)8-5-11/h1,4-9H,3,10H2,(H,15,16). The third-order valence-electron chi connectivity index (χ3n) is 1.87. The molecule has 1 rings (SSSR count). The van der Waals surface area contributed by atoms with Crippen molar-refractivity contribution in [1.29, 1.82) is 0 Å². The summed E-state index contributed by atoms with van der Waals surface area (Å²) in [6.45, 7) is 0.461. The molecule has 0 saturated heterocycles. The minimum atomic E-state index is -0.296. The number of halogens is 1. The van der Waals surface area contributed by atoms with E-state index in [0.717, 1.165) is 5.56 Å². The molecule has 0 spiro atoms. The Bertz CT molecular complexity index is 415. The van der Waals surface area contributed by atoms with Gasteiger partial charge in [0.1, 0.15) is 5.82 Å². The molecule has 0 aliphatic heterocycles. The minimum Gasteiger partial charge on any atom is -0.352 e. The number of rotatable bonds is 4. The molecular formula is C13H12FNO. The summed E-state index contributed by atoms with van der Waals surface area (Å²) >= 11 is 0. The zero-order chi connectivity index (χ0) is 11.8. The minimum absolute atomic E-state index is 0.209. The maximum atomic E-state index is 12.6. The van der Waals surface area contributed by atoms with E-state index in [1.165, 1.54) is 18.2 Å². The predicted octanol–water partition coefficient (Wildman–Crippen LogP) is 1.98. The van der Waals surface area contributed by atoms with Crippen LogP contribution in [-0.2, 0) is 4.79 Å². The van der Waals surface area contributed by atoms with Crippen LogP contribution in [-0.4, -0.2) is 12.5 Å². The number of terminal acetylenes is 1. The number of hydrogen-bond donors (Lipinski definition) is 1. The number of carbonyl (C=O) groups excluding carboxylic acids is 1. The van der Waals surface area contributed by atoms with Crippen molar-refractivity contribution in [2.75, 3.05) is 6.54 Å². The monoisotopic (exact) mass is 217 g/mol. The van der Waals surface area contributed by atoms with Gasteiger partial charge >= 0.3 is 0 Å². The number of hydrogen-bond acceptors (Lipinski definition) is 1. The summed E-state index contributed by atoms with van der Waals surface area (Å²) in [5.41, 5.74) is 0.772. The van der Waals surface area contributed by atoms with Gasteiger partial charge in [0.25, 0.3) is 0 Å². The van der Waals surface area contributed by atoms with E-state index in [0.29, 0.717) is 13.0 Å². The van der Waals surface area contributed by atoms with E-state index < -0.39 is 0 Å². The van der Waals surface area contributed by atoms with E-state index in [1.54, 1.807) is 18.2 Å². The van der Waals surface area contributed by atoms with Crippen LogP contribution in [0.4, 0.5) is 4.39 Å². The van der Waals surface area contributed by atoms with Crippen LogP contribution in [0.1, 0.15) is 12.0 Å². The van der Waals surface area contributed by atoms with Crippen LogP contribution in [0.3, 0.4) is 0 Å². The first-order valence-electron chi connectivity index (χ1n) is 4.87. The first kappa shape index (κ1) is 12.0. The van der Waals surface area contributed by atoms with Crippen molar-refractivity contribution in [2.45, 2.75) is 6.42 Å². The molecule has 1 aromatic carbocycles. The quantitative estimate of drug-likeness (QED) is 0.466. The van der Waals surface area contributed by atoms with Gasteiger partial charge in [-0.15, -0.1) is 12.3 Å². The Morgan fingerprint density at radius 1 is 1.44 bits per heavy atom. The maximum absolute atomic E-state index is 12.6. The second-order valence-corrected chi connectivity index (χ2v) is 3.13. The van der Waals surface area contributed by atoms with E-state index >= 15 is 0 Å². The summed E-state index contributed by atoms with van der Waals surface area (Å²) in [6, 6.07) is 5.88. The van der Waals surface area contributed by atoms with Crippen LogP contribution < -0.4 is 5.32 Å². The largest absolute Gasteiger partial charge is 0.352 e. The van der Waals surface area contributed by atoms with Crippen LogP contribution in [0.25, 0.3) is 6.08 Å². The van der Waals surface area contributed by atoms with Crippen molar-refractivity contribution in [3.05, 3.63) is 41.7 Å². The Hall–Kier alpha value is -2.08. The third-order valence-corrected chi connectivity index (χ3v) is 1.87. The highest BCUT2D eigenvalue weighted by Crippen LogP contribution is 2.04. The van der Waals surface area contributed by atoms with Gasteiger partial charge in [0.05, 0.1) is 0 Å².